The topological polar surface area (TPSA) is 102 Å². The van der Waals surface area contributed by atoms with Crippen LogP contribution < -0.4 is 0 Å². The van der Waals surface area contributed by atoms with Gasteiger partial charge in [0.25, 0.3) is 0 Å². The third-order valence-corrected chi connectivity index (χ3v) is 3.24. The van der Waals surface area contributed by atoms with Gasteiger partial charge in [-0.3, -0.25) is 0 Å². The van der Waals surface area contributed by atoms with E-state index >= 15 is 0 Å². The van der Waals surface area contributed by atoms with Gasteiger partial charge in [-0.05, 0) is 24.3 Å². The number of aromatic nitrogens is 4. The van der Waals surface area contributed by atoms with Gasteiger partial charge < -0.3 is 4.74 Å². The second-order valence-electron chi connectivity index (χ2n) is 4.76. The number of rotatable bonds is 3. The van der Waals surface area contributed by atoms with Crippen molar-refractivity contribution in [2.45, 2.75) is 0 Å². The maximum Gasteiger partial charge on any atom is 0.356 e. The maximum atomic E-state index is 11.5. The number of nitrogens with zero attached hydrogens (tertiary/aromatic N) is 5. The minimum Gasteiger partial charge on any atom is -0.464 e. The van der Waals surface area contributed by atoms with Crippen molar-refractivity contribution in [3.05, 3.63) is 59.9 Å². The van der Waals surface area contributed by atoms with E-state index in [-0.39, 0.29) is 5.69 Å². The van der Waals surface area contributed by atoms with Crippen LogP contribution in [0, 0.1) is 11.3 Å². The van der Waals surface area contributed by atoms with Crippen molar-refractivity contribution in [3.63, 3.8) is 0 Å². The van der Waals surface area contributed by atoms with Crippen molar-refractivity contribution >= 4 is 5.97 Å². The Balaban J connectivity index is 1.89. The molecule has 7 nitrogen and oxygen atoms in total. The minimum atomic E-state index is -0.529. The molecule has 0 radical (unpaired) electrons. The highest BCUT2D eigenvalue weighted by molar-refractivity contribution is 5.87. The van der Waals surface area contributed by atoms with Crippen LogP contribution >= 0.6 is 0 Å². The predicted molar refractivity (Wildman–Crippen MR) is 84.5 cm³/mol. The summed E-state index contributed by atoms with van der Waals surface area (Å²) in [5.41, 5.74) is 2.55. The Bertz CT molecular complexity index is 915. The second-order valence-corrected chi connectivity index (χ2v) is 4.76. The van der Waals surface area contributed by atoms with Gasteiger partial charge >= 0.3 is 5.97 Å². The van der Waals surface area contributed by atoms with E-state index < -0.39 is 5.97 Å². The molecular formula is C17H11N5O2. The summed E-state index contributed by atoms with van der Waals surface area (Å²) in [7, 11) is 1.29. The zero-order valence-electron chi connectivity index (χ0n) is 12.7. The lowest BCUT2D eigenvalue weighted by Gasteiger charge is -2.03. The number of pyridine rings is 1. The van der Waals surface area contributed by atoms with Crippen molar-refractivity contribution in [2.24, 2.45) is 0 Å². The first-order valence-corrected chi connectivity index (χ1v) is 6.97. The number of ether oxygens (including phenoxy) is 1. The number of nitriles is 1. The molecule has 0 aliphatic heterocycles. The van der Waals surface area contributed by atoms with Gasteiger partial charge in [-0.15, -0.1) is 10.2 Å². The molecule has 0 amide bonds. The van der Waals surface area contributed by atoms with E-state index in [2.05, 4.69) is 31.0 Å². The molecule has 0 saturated carbocycles. The zero-order valence-corrected chi connectivity index (χ0v) is 12.7. The fourth-order valence-corrected chi connectivity index (χ4v) is 2.02. The summed E-state index contributed by atoms with van der Waals surface area (Å²) >= 11 is 0. The molecule has 3 rings (SSSR count). The fourth-order valence-electron chi connectivity index (χ4n) is 2.02. The summed E-state index contributed by atoms with van der Waals surface area (Å²) in [6.07, 6.45) is 1.57. The molecule has 1 aromatic carbocycles. The van der Waals surface area contributed by atoms with Crippen molar-refractivity contribution in [1.82, 2.24) is 20.2 Å². The molecule has 24 heavy (non-hydrogen) atoms. The molecule has 7 heteroatoms. The summed E-state index contributed by atoms with van der Waals surface area (Å²) in [5, 5.41) is 17.0. The lowest BCUT2D eigenvalue weighted by atomic mass is 10.1. The van der Waals surface area contributed by atoms with Crippen LogP contribution in [0.2, 0.25) is 0 Å². The van der Waals surface area contributed by atoms with Crippen molar-refractivity contribution in [1.29, 1.82) is 5.26 Å². The Morgan fingerprint density at radius 3 is 2.50 bits per heavy atom. The Labute approximate surface area is 137 Å². The van der Waals surface area contributed by atoms with Gasteiger partial charge in [0.1, 0.15) is 17.1 Å². The Hall–Kier alpha value is -3.66. The smallest absolute Gasteiger partial charge is 0.356 e. The first-order chi connectivity index (χ1) is 11.7. The quantitative estimate of drug-likeness (QED) is 0.683. The van der Waals surface area contributed by atoms with Crippen LogP contribution in [-0.4, -0.2) is 33.2 Å². The van der Waals surface area contributed by atoms with E-state index in [0.29, 0.717) is 22.8 Å². The molecule has 0 N–H and O–H groups in total. The largest absolute Gasteiger partial charge is 0.464 e. The zero-order chi connectivity index (χ0) is 16.9. The standard InChI is InChI=1S/C17H11N5O2/c1-24-17(23)14-4-2-3-13(20-14)16-19-10-15(21-22-16)12-7-5-11(9-18)6-8-12/h2-8,10H,1H3. The van der Waals surface area contributed by atoms with Crippen molar-refractivity contribution in [2.75, 3.05) is 7.11 Å². The molecule has 2 aromatic heterocycles. The highest BCUT2D eigenvalue weighted by Crippen LogP contribution is 2.18. The summed E-state index contributed by atoms with van der Waals surface area (Å²) < 4.78 is 4.64. The first-order valence-electron chi connectivity index (χ1n) is 6.97. The molecule has 0 aliphatic rings. The third-order valence-electron chi connectivity index (χ3n) is 3.24. The average molecular weight is 317 g/mol. The van der Waals surface area contributed by atoms with Crippen LogP contribution in [0.4, 0.5) is 0 Å². The number of carbonyl (C=O) groups is 1. The highest BCUT2D eigenvalue weighted by atomic mass is 16.5. The van der Waals surface area contributed by atoms with E-state index in [4.69, 9.17) is 5.26 Å². The van der Waals surface area contributed by atoms with Gasteiger partial charge in [0, 0.05) is 5.56 Å². The highest BCUT2D eigenvalue weighted by Gasteiger charge is 2.11. The fraction of sp³-hybridized carbons (Fsp3) is 0.0588. The van der Waals surface area contributed by atoms with Crippen LogP contribution in [0.15, 0.2) is 48.7 Å². The number of carbonyl (C=O) groups excluding carboxylic acids is 1. The summed E-state index contributed by atoms with van der Waals surface area (Å²) in [6, 6.07) is 13.9. The molecule has 0 spiro atoms. The van der Waals surface area contributed by atoms with E-state index in [1.54, 1.807) is 48.7 Å². The molecule has 3 aromatic rings. The van der Waals surface area contributed by atoms with Gasteiger partial charge in [-0.2, -0.15) is 5.26 Å². The number of methoxy groups -OCH3 is 1. The minimum absolute atomic E-state index is 0.176. The predicted octanol–water partition coefficient (Wildman–Crippen LogP) is 2.26. The normalized spacial score (nSPS) is 10.0. The second kappa shape index (κ2) is 6.62. The average Bonchev–Trinajstić information content (AvgIpc) is 2.67. The lowest BCUT2D eigenvalue weighted by molar-refractivity contribution is 0.0594. The molecule has 116 valence electrons. The van der Waals surface area contributed by atoms with Gasteiger partial charge in [0.15, 0.2) is 5.82 Å². The molecule has 0 bridgehead atoms. The molecular weight excluding hydrogens is 306 g/mol. The first kappa shape index (κ1) is 15.2. The van der Waals surface area contributed by atoms with Gasteiger partial charge in [0.2, 0.25) is 0 Å². The summed E-state index contributed by atoms with van der Waals surface area (Å²) in [5.74, 6) is -0.225. The van der Waals surface area contributed by atoms with Crippen LogP contribution in [0.25, 0.3) is 22.8 Å². The molecule has 0 fully saturated rings. The SMILES string of the molecule is COC(=O)c1cccc(-c2ncc(-c3ccc(C#N)cc3)nn2)n1. The molecule has 0 atom stereocenters. The monoisotopic (exact) mass is 317 g/mol. The van der Waals surface area contributed by atoms with Crippen LogP contribution in [0.5, 0.6) is 0 Å². The molecule has 0 aliphatic carbocycles. The Kier molecular flexibility index (Phi) is 4.21. The van der Waals surface area contributed by atoms with Gasteiger partial charge in [-0.25, -0.2) is 14.8 Å². The van der Waals surface area contributed by atoms with Gasteiger partial charge in [0.05, 0.1) is 24.9 Å². The van der Waals surface area contributed by atoms with Crippen molar-refractivity contribution < 1.29 is 9.53 Å². The Morgan fingerprint density at radius 1 is 1.08 bits per heavy atom. The molecule has 0 unspecified atom stereocenters. The maximum absolute atomic E-state index is 11.5. The summed E-state index contributed by atoms with van der Waals surface area (Å²) in [4.78, 5) is 19.9. The van der Waals surface area contributed by atoms with Crippen LogP contribution in [0.1, 0.15) is 16.1 Å². The molecule has 2 heterocycles. The van der Waals surface area contributed by atoms with E-state index in [1.807, 2.05) is 0 Å². The van der Waals surface area contributed by atoms with E-state index in [9.17, 15) is 4.79 Å². The van der Waals surface area contributed by atoms with E-state index in [0.717, 1.165) is 5.56 Å². The number of hydrogen-bond acceptors (Lipinski definition) is 7. The van der Waals surface area contributed by atoms with Gasteiger partial charge in [-0.1, -0.05) is 18.2 Å². The third kappa shape index (κ3) is 3.08. The number of esters is 1. The number of benzene rings is 1. The molecule has 0 saturated heterocycles. The number of hydrogen-bond donors (Lipinski definition) is 0. The lowest BCUT2D eigenvalue weighted by Crippen LogP contribution is -2.05. The summed E-state index contributed by atoms with van der Waals surface area (Å²) in [6.45, 7) is 0. The van der Waals surface area contributed by atoms with Crippen molar-refractivity contribution in [3.8, 4) is 28.8 Å². The van der Waals surface area contributed by atoms with E-state index in [1.165, 1.54) is 7.11 Å². The Morgan fingerprint density at radius 2 is 1.88 bits per heavy atom. The van der Waals surface area contributed by atoms with Crippen LogP contribution in [0.3, 0.4) is 0 Å². The van der Waals surface area contributed by atoms with Crippen LogP contribution in [-0.2, 0) is 4.74 Å².